The summed E-state index contributed by atoms with van der Waals surface area (Å²) in [5, 5.41) is 69.9. The van der Waals surface area contributed by atoms with Crippen molar-refractivity contribution in [3.05, 3.63) is 41.5 Å². The van der Waals surface area contributed by atoms with E-state index in [4.69, 9.17) is 14.2 Å². The fourth-order valence-corrected chi connectivity index (χ4v) is 3.87. The molecule has 4 rings (SSSR count). The number of hydrogen-bond acceptors (Lipinski definition) is 10. The lowest BCUT2D eigenvalue weighted by Gasteiger charge is -2.42. The van der Waals surface area contributed by atoms with Crippen LogP contribution in [0.25, 0.3) is 0 Å². The summed E-state index contributed by atoms with van der Waals surface area (Å²) in [6.07, 6.45) is -8.15. The van der Waals surface area contributed by atoms with Crippen molar-refractivity contribution in [2.45, 2.75) is 56.3 Å². The molecule has 0 saturated carbocycles. The molecule has 0 bridgehead atoms. The van der Waals surface area contributed by atoms with E-state index in [0.717, 1.165) is 6.07 Å². The summed E-state index contributed by atoms with van der Waals surface area (Å²) >= 11 is 0. The number of aromatic hydroxyl groups is 4. The van der Waals surface area contributed by atoms with Gasteiger partial charge in [0.1, 0.15) is 41.7 Å². The van der Waals surface area contributed by atoms with Gasteiger partial charge in [-0.2, -0.15) is 0 Å². The molecular weight excluding hydrogens is 412 g/mol. The standard InChI is InChI=1S/C21H24O10/c1-8-17(26)18(27)19(28)21(29-8)31-16-7-11-13(24)5-10(22)6-15(11)30-20(16)9-2-3-12(23)14(25)4-9/h2-6,8,16-28H,7H2,1H3/t8-,16+,17-,18+,19+,20-,21-/m1/s1. The highest BCUT2D eigenvalue weighted by atomic mass is 16.7. The van der Waals surface area contributed by atoms with E-state index in [9.17, 15) is 35.7 Å². The van der Waals surface area contributed by atoms with Gasteiger partial charge in [-0.1, -0.05) is 6.07 Å². The Bertz CT molecular complexity index is 963. The smallest absolute Gasteiger partial charge is 0.187 e. The largest absolute Gasteiger partial charge is 0.508 e. The van der Waals surface area contributed by atoms with Gasteiger partial charge in [0.15, 0.2) is 23.9 Å². The van der Waals surface area contributed by atoms with E-state index in [1.807, 2.05) is 0 Å². The molecule has 2 aliphatic rings. The Morgan fingerprint density at radius 1 is 0.871 bits per heavy atom. The van der Waals surface area contributed by atoms with Crippen molar-refractivity contribution in [2.75, 3.05) is 0 Å². The number of phenols is 4. The number of benzene rings is 2. The van der Waals surface area contributed by atoms with Gasteiger partial charge in [0.05, 0.1) is 6.10 Å². The molecule has 1 fully saturated rings. The summed E-state index contributed by atoms with van der Waals surface area (Å²) in [6.45, 7) is 1.52. The summed E-state index contributed by atoms with van der Waals surface area (Å²) in [5.74, 6) is -0.941. The normalized spacial score (nSPS) is 32.8. The van der Waals surface area contributed by atoms with Crippen molar-refractivity contribution < 1.29 is 50.0 Å². The number of fused-ring (bicyclic) bond motifs is 1. The first-order valence-electron chi connectivity index (χ1n) is 9.74. The van der Waals surface area contributed by atoms with Crippen LogP contribution in [0.2, 0.25) is 0 Å². The van der Waals surface area contributed by atoms with Crippen LogP contribution in [0.3, 0.4) is 0 Å². The zero-order valence-corrected chi connectivity index (χ0v) is 16.5. The summed E-state index contributed by atoms with van der Waals surface area (Å²) in [4.78, 5) is 0. The van der Waals surface area contributed by atoms with Gasteiger partial charge < -0.3 is 50.0 Å². The molecule has 0 unspecified atom stereocenters. The number of phenolic OH excluding ortho intramolecular Hbond substituents is 4. The van der Waals surface area contributed by atoms with Gasteiger partial charge in [0, 0.05) is 24.1 Å². The molecule has 7 atom stereocenters. The number of rotatable bonds is 3. The van der Waals surface area contributed by atoms with Crippen LogP contribution >= 0.6 is 0 Å². The zero-order chi connectivity index (χ0) is 22.4. The summed E-state index contributed by atoms with van der Waals surface area (Å²) in [7, 11) is 0. The van der Waals surface area contributed by atoms with Crippen LogP contribution in [0.4, 0.5) is 0 Å². The maximum Gasteiger partial charge on any atom is 0.187 e. The quantitative estimate of drug-likeness (QED) is 0.334. The predicted octanol–water partition coefficient (Wildman–Crippen LogP) is 0.398. The first-order chi connectivity index (χ1) is 14.7. The topological polar surface area (TPSA) is 169 Å². The van der Waals surface area contributed by atoms with Crippen molar-refractivity contribution in [2.24, 2.45) is 0 Å². The molecule has 10 nitrogen and oxygen atoms in total. The van der Waals surface area contributed by atoms with Crippen molar-refractivity contribution in [1.82, 2.24) is 0 Å². The van der Waals surface area contributed by atoms with Crippen molar-refractivity contribution >= 4 is 0 Å². The minimum absolute atomic E-state index is 0.0767. The summed E-state index contributed by atoms with van der Waals surface area (Å²) in [5.41, 5.74) is 0.758. The highest BCUT2D eigenvalue weighted by molar-refractivity contribution is 5.52. The van der Waals surface area contributed by atoms with E-state index in [-0.39, 0.29) is 35.2 Å². The van der Waals surface area contributed by atoms with Crippen molar-refractivity contribution in [3.63, 3.8) is 0 Å². The van der Waals surface area contributed by atoms with Crippen LogP contribution in [0.15, 0.2) is 30.3 Å². The van der Waals surface area contributed by atoms with Crippen molar-refractivity contribution in [3.8, 4) is 28.7 Å². The lowest BCUT2D eigenvalue weighted by atomic mass is 9.93. The van der Waals surface area contributed by atoms with Gasteiger partial charge in [-0.05, 0) is 24.6 Å². The van der Waals surface area contributed by atoms with Crippen molar-refractivity contribution in [1.29, 1.82) is 0 Å². The van der Waals surface area contributed by atoms with Crippen LogP contribution in [0, 0.1) is 0 Å². The first kappa shape index (κ1) is 21.5. The SMILES string of the molecule is C[C@H]1O[C@H](O[C@H]2Cc3c(O)cc(O)cc3O[C@@H]2c2ccc(O)c(O)c2)[C@@H](O)[C@@H](O)[C@@H]1O. The Hall–Kier alpha value is -2.76. The monoisotopic (exact) mass is 436 g/mol. The van der Waals surface area contributed by atoms with E-state index in [2.05, 4.69) is 0 Å². The Morgan fingerprint density at radius 3 is 2.32 bits per heavy atom. The van der Waals surface area contributed by atoms with Crippen LogP contribution in [-0.2, 0) is 15.9 Å². The van der Waals surface area contributed by atoms with Crippen LogP contribution in [-0.4, -0.2) is 72.6 Å². The Balaban J connectivity index is 1.69. The maximum absolute atomic E-state index is 10.3. The molecule has 2 heterocycles. The lowest BCUT2D eigenvalue weighted by Crippen LogP contribution is -2.58. The molecule has 7 N–H and O–H groups in total. The third-order valence-corrected chi connectivity index (χ3v) is 5.61. The Labute approximate surface area is 177 Å². The molecule has 0 spiro atoms. The molecule has 1 saturated heterocycles. The highest BCUT2D eigenvalue weighted by Crippen LogP contribution is 2.44. The van der Waals surface area contributed by atoms with Gasteiger partial charge in [-0.3, -0.25) is 0 Å². The molecular formula is C21H24O10. The van der Waals surface area contributed by atoms with E-state index >= 15 is 0 Å². The summed E-state index contributed by atoms with van der Waals surface area (Å²) < 4.78 is 17.4. The highest BCUT2D eigenvalue weighted by Gasteiger charge is 2.45. The second kappa shape index (κ2) is 8.06. The fraction of sp³-hybridized carbons (Fsp3) is 0.429. The Kier molecular flexibility index (Phi) is 5.58. The predicted molar refractivity (Wildman–Crippen MR) is 104 cm³/mol. The zero-order valence-electron chi connectivity index (χ0n) is 16.5. The number of hydrogen-bond donors (Lipinski definition) is 7. The molecule has 2 aromatic rings. The van der Waals surface area contributed by atoms with Crippen LogP contribution < -0.4 is 4.74 Å². The van der Waals surface area contributed by atoms with E-state index in [1.165, 1.54) is 31.2 Å². The third-order valence-electron chi connectivity index (χ3n) is 5.61. The number of aliphatic hydroxyl groups excluding tert-OH is 3. The van der Waals surface area contributed by atoms with Gasteiger partial charge in [0.2, 0.25) is 0 Å². The van der Waals surface area contributed by atoms with Gasteiger partial charge in [-0.15, -0.1) is 0 Å². The molecule has 0 amide bonds. The van der Waals surface area contributed by atoms with Gasteiger partial charge >= 0.3 is 0 Å². The second-order valence-corrected chi connectivity index (χ2v) is 7.79. The molecule has 168 valence electrons. The molecule has 0 aromatic heterocycles. The Morgan fingerprint density at radius 2 is 1.61 bits per heavy atom. The fourth-order valence-electron chi connectivity index (χ4n) is 3.87. The minimum Gasteiger partial charge on any atom is -0.508 e. The average molecular weight is 436 g/mol. The van der Waals surface area contributed by atoms with Gasteiger partial charge in [0.25, 0.3) is 0 Å². The minimum atomic E-state index is -1.55. The number of aliphatic hydroxyl groups is 3. The van der Waals surface area contributed by atoms with E-state index in [0.29, 0.717) is 11.1 Å². The van der Waals surface area contributed by atoms with E-state index in [1.54, 1.807) is 0 Å². The average Bonchev–Trinajstić information content (AvgIpc) is 2.72. The number of ether oxygens (including phenoxy) is 3. The van der Waals surface area contributed by atoms with Gasteiger partial charge in [-0.25, -0.2) is 0 Å². The summed E-state index contributed by atoms with van der Waals surface area (Å²) in [6, 6.07) is 6.54. The molecule has 31 heavy (non-hydrogen) atoms. The molecule has 10 heteroatoms. The van der Waals surface area contributed by atoms with Crippen LogP contribution in [0.1, 0.15) is 24.2 Å². The second-order valence-electron chi connectivity index (χ2n) is 7.79. The third kappa shape index (κ3) is 3.95. The molecule has 2 aliphatic heterocycles. The maximum atomic E-state index is 10.3. The molecule has 0 radical (unpaired) electrons. The lowest BCUT2D eigenvalue weighted by molar-refractivity contribution is -0.310. The molecule has 0 aliphatic carbocycles. The molecule has 2 aromatic carbocycles. The van der Waals surface area contributed by atoms with E-state index < -0.39 is 42.9 Å². The first-order valence-corrected chi connectivity index (χ1v) is 9.74. The van der Waals surface area contributed by atoms with Crippen LogP contribution in [0.5, 0.6) is 28.7 Å².